The van der Waals surface area contributed by atoms with Gasteiger partial charge in [0, 0.05) is 22.5 Å². The molecule has 2 aromatic rings. The van der Waals surface area contributed by atoms with Crippen molar-refractivity contribution in [3.8, 4) is 0 Å². The van der Waals surface area contributed by atoms with Crippen molar-refractivity contribution >= 4 is 34.7 Å². The predicted molar refractivity (Wildman–Crippen MR) is 88.3 cm³/mol. The van der Waals surface area contributed by atoms with E-state index in [2.05, 4.69) is 15.6 Å². The zero-order valence-corrected chi connectivity index (χ0v) is 13.8. The van der Waals surface area contributed by atoms with Gasteiger partial charge in [-0.05, 0) is 39.0 Å². The molecule has 0 aliphatic carbocycles. The van der Waals surface area contributed by atoms with Gasteiger partial charge in [-0.15, -0.1) is 11.3 Å². The first-order valence-corrected chi connectivity index (χ1v) is 7.97. The lowest BCUT2D eigenvalue weighted by Gasteiger charge is -2.13. The number of hydrogen-bond donors (Lipinski definition) is 2. The van der Waals surface area contributed by atoms with Crippen LogP contribution in [0.5, 0.6) is 0 Å². The summed E-state index contributed by atoms with van der Waals surface area (Å²) in [5.41, 5.74) is 0.460. The lowest BCUT2D eigenvalue weighted by atomic mass is 10.2. The highest BCUT2D eigenvalue weighted by atomic mass is 35.5. The highest BCUT2D eigenvalue weighted by Crippen LogP contribution is 2.23. The molecule has 6 heteroatoms. The fourth-order valence-electron chi connectivity index (χ4n) is 1.90. The molecule has 2 aromatic heterocycles. The number of nitrogens with zero attached hydrogens (tertiary/aromatic N) is 1. The Morgan fingerprint density at radius 2 is 2.24 bits per heavy atom. The molecule has 0 radical (unpaired) electrons. The quantitative estimate of drug-likeness (QED) is 0.873. The van der Waals surface area contributed by atoms with Crippen LogP contribution in [-0.4, -0.2) is 17.4 Å². The van der Waals surface area contributed by atoms with E-state index in [9.17, 15) is 4.79 Å². The minimum absolute atomic E-state index is 0.0385. The van der Waals surface area contributed by atoms with Crippen LogP contribution in [-0.2, 0) is 0 Å². The molecule has 0 aliphatic rings. The second-order valence-electron chi connectivity index (χ2n) is 4.73. The summed E-state index contributed by atoms with van der Waals surface area (Å²) >= 11 is 7.78. The molecule has 0 saturated carbocycles. The summed E-state index contributed by atoms with van der Waals surface area (Å²) in [7, 11) is 0. The number of aromatic nitrogens is 1. The Labute approximate surface area is 133 Å². The van der Waals surface area contributed by atoms with E-state index in [1.165, 1.54) is 11.1 Å². The molecular formula is C15H18ClN3OS. The zero-order valence-electron chi connectivity index (χ0n) is 12.2. The van der Waals surface area contributed by atoms with Gasteiger partial charge in [-0.25, -0.2) is 4.98 Å². The van der Waals surface area contributed by atoms with Crippen molar-refractivity contribution in [1.29, 1.82) is 0 Å². The molecule has 112 valence electrons. The fourth-order valence-corrected chi connectivity index (χ4v) is 3.01. The minimum atomic E-state index is -0.175. The molecule has 1 amide bonds. The third-order valence-electron chi connectivity index (χ3n) is 2.98. The number of carbonyl (C=O) groups excluding carboxylic acids is 1. The fraction of sp³-hybridized carbons (Fsp3) is 0.333. The average Bonchev–Trinajstić information content (AvgIpc) is 2.88. The third-order valence-corrected chi connectivity index (χ3v) is 4.45. The van der Waals surface area contributed by atoms with Crippen LogP contribution in [0.1, 0.15) is 40.0 Å². The first-order valence-electron chi connectivity index (χ1n) is 6.78. The highest BCUT2D eigenvalue weighted by Gasteiger charge is 2.14. The van der Waals surface area contributed by atoms with E-state index < -0.39 is 0 Å². The number of thiophene rings is 1. The summed E-state index contributed by atoms with van der Waals surface area (Å²) in [5.74, 6) is 0.420. The van der Waals surface area contributed by atoms with Gasteiger partial charge in [-0.1, -0.05) is 11.6 Å². The molecule has 1 unspecified atom stereocenters. The molecule has 0 spiro atoms. The second-order valence-corrected chi connectivity index (χ2v) is 6.45. The van der Waals surface area contributed by atoms with Gasteiger partial charge in [0.05, 0.1) is 16.6 Å². The van der Waals surface area contributed by atoms with Gasteiger partial charge in [0.25, 0.3) is 5.91 Å². The molecule has 0 bridgehead atoms. The van der Waals surface area contributed by atoms with Gasteiger partial charge >= 0.3 is 0 Å². The number of pyridine rings is 1. The van der Waals surface area contributed by atoms with Crippen LogP contribution in [0.25, 0.3) is 0 Å². The smallest absolute Gasteiger partial charge is 0.253 e. The lowest BCUT2D eigenvalue weighted by molar-refractivity contribution is 0.0940. The molecule has 2 heterocycles. The van der Waals surface area contributed by atoms with Crippen LogP contribution >= 0.6 is 22.9 Å². The molecular weight excluding hydrogens is 306 g/mol. The van der Waals surface area contributed by atoms with E-state index >= 15 is 0 Å². The zero-order chi connectivity index (χ0) is 15.4. The molecule has 2 N–H and O–H groups in total. The van der Waals surface area contributed by atoms with Crippen LogP contribution in [0.2, 0.25) is 5.02 Å². The van der Waals surface area contributed by atoms with Crippen molar-refractivity contribution < 1.29 is 4.79 Å². The van der Waals surface area contributed by atoms with E-state index in [1.807, 2.05) is 32.9 Å². The van der Waals surface area contributed by atoms with Gasteiger partial charge in [0.15, 0.2) is 0 Å². The summed E-state index contributed by atoms with van der Waals surface area (Å²) in [6, 6.07) is 5.67. The number of hydrogen-bond acceptors (Lipinski definition) is 4. The summed E-state index contributed by atoms with van der Waals surface area (Å²) < 4.78 is 0. The van der Waals surface area contributed by atoms with E-state index in [0.29, 0.717) is 16.4 Å². The van der Waals surface area contributed by atoms with Crippen molar-refractivity contribution in [1.82, 2.24) is 10.3 Å². The Bertz CT molecular complexity index is 642. The summed E-state index contributed by atoms with van der Waals surface area (Å²) in [6.07, 6.45) is 1.53. The Morgan fingerprint density at radius 3 is 2.81 bits per heavy atom. The second kappa shape index (κ2) is 6.91. The van der Waals surface area contributed by atoms with E-state index in [-0.39, 0.29) is 11.9 Å². The minimum Gasteiger partial charge on any atom is -0.369 e. The standard InChI is InChI=1S/C15H18ClN3OS/c1-4-17-14-12(16)7-11(8-18-14)15(20)19-10(3)13-6-5-9(2)21-13/h5-8,10H,4H2,1-3H3,(H,17,18)(H,19,20). The predicted octanol–water partition coefficient (Wildman–Crippen LogP) is 4.03. The van der Waals surface area contributed by atoms with Gasteiger partial charge in [-0.3, -0.25) is 4.79 Å². The van der Waals surface area contributed by atoms with Crippen LogP contribution in [0, 0.1) is 6.92 Å². The summed E-state index contributed by atoms with van der Waals surface area (Å²) in [5, 5.41) is 6.44. The molecule has 0 saturated heterocycles. The van der Waals surface area contributed by atoms with Crippen molar-refractivity contribution in [2.45, 2.75) is 26.8 Å². The van der Waals surface area contributed by atoms with Crippen molar-refractivity contribution in [2.24, 2.45) is 0 Å². The Morgan fingerprint density at radius 1 is 1.48 bits per heavy atom. The monoisotopic (exact) mass is 323 g/mol. The summed E-state index contributed by atoms with van der Waals surface area (Å²) in [6.45, 7) is 6.70. The normalized spacial score (nSPS) is 12.0. The van der Waals surface area contributed by atoms with E-state index in [0.717, 1.165) is 11.4 Å². The number of halogens is 1. The van der Waals surface area contributed by atoms with Crippen molar-refractivity contribution in [3.05, 3.63) is 44.7 Å². The number of anilines is 1. The number of aryl methyl sites for hydroxylation is 1. The van der Waals surface area contributed by atoms with E-state index in [1.54, 1.807) is 17.4 Å². The van der Waals surface area contributed by atoms with E-state index in [4.69, 9.17) is 11.6 Å². The third kappa shape index (κ3) is 3.95. The topological polar surface area (TPSA) is 54.0 Å². The van der Waals surface area contributed by atoms with Gasteiger partial charge < -0.3 is 10.6 Å². The number of amides is 1. The number of nitrogens with one attached hydrogen (secondary N) is 2. The average molecular weight is 324 g/mol. The maximum atomic E-state index is 12.2. The molecule has 4 nitrogen and oxygen atoms in total. The molecule has 0 aliphatic heterocycles. The van der Waals surface area contributed by atoms with Crippen LogP contribution in [0.15, 0.2) is 24.4 Å². The maximum absolute atomic E-state index is 12.2. The molecule has 1 atom stereocenters. The highest BCUT2D eigenvalue weighted by molar-refractivity contribution is 7.12. The molecule has 21 heavy (non-hydrogen) atoms. The van der Waals surface area contributed by atoms with Crippen LogP contribution in [0.4, 0.5) is 5.82 Å². The SMILES string of the molecule is CCNc1ncc(C(=O)NC(C)c2ccc(C)s2)cc1Cl. The van der Waals surface area contributed by atoms with Crippen molar-refractivity contribution in [2.75, 3.05) is 11.9 Å². The molecule has 2 rings (SSSR count). The Balaban J connectivity index is 2.08. The van der Waals surface area contributed by atoms with Gasteiger partial charge in [-0.2, -0.15) is 0 Å². The largest absolute Gasteiger partial charge is 0.369 e. The van der Waals surface area contributed by atoms with Crippen molar-refractivity contribution in [3.63, 3.8) is 0 Å². The number of carbonyl (C=O) groups is 1. The number of rotatable bonds is 5. The first-order chi connectivity index (χ1) is 10.0. The molecule has 0 aromatic carbocycles. The summed E-state index contributed by atoms with van der Waals surface area (Å²) in [4.78, 5) is 18.8. The lowest BCUT2D eigenvalue weighted by Crippen LogP contribution is -2.26. The van der Waals surface area contributed by atoms with Gasteiger partial charge in [0.2, 0.25) is 0 Å². The Kier molecular flexibility index (Phi) is 5.20. The maximum Gasteiger partial charge on any atom is 0.253 e. The van der Waals surface area contributed by atoms with Crippen LogP contribution < -0.4 is 10.6 Å². The molecule has 0 fully saturated rings. The first kappa shape index (κ1) is 15.8. The van der Waals surface area contributed by atoms with Gasteiger partial charge in [0.1, 0.15) is 5.82 Å². The van der Waals surface area contributed by atoms with Crippen LogP contribution in [0.3, 0.4) is 0 Å². The Hall–Kier alpha value is -1.59.